The van der Waals surface area contributed by atoms with Gasteiger partial charge in [-0.15, -0.1) is 0 Å². The standard InChI is InChI=1S/C23H37N3O2/c1-6-8-20(22(24)27)21(13-16(2)3)23(28)25-11-12-26(18(5)15-25)19-10-7-9-17(4)14-19/h7,9-10,14,16,18,20-21H,6,8,11-13,15H2,1-5H3,(H2,24,27)/t18?,20-,21+/m0/s1. The largest absolute Gasteiger partial charge is 0.369 e. The van der Waals surface area contributed by atoms with E-state index in [1.165, 1.54) is 11.3 Å². The summed E-state index contributed by atoms with van der Waals surface area (Å²) in [5.41, 5.74) is 8.14. The summed E-state index contributed by atoms with van der Waals surface area (Å²) >= 11 is 0. The van der Waals surface area contributed by atoms with E-state index in [-0.39, 0.29) is 29.7 Å². The van der Waals surface area contributed by atoms with Gasteiger partial charge in [0.05, 0.1) is 0 Å². The zero-order valence-electron chi connectivity index (χ0n) is 18.1. The molecule has 5 heteroatoms. The first-order chi connectivity index (χ1) is 13.2. The molecule has 0 spiro atoms. The Bertz CT molecular complexity index is 674. The highest BCUT2D eigenvalue weighted by atomic mass is 16.2. The second-order valence-corrected chi connectivity index (χ2v) is 8.70. The summed E-state index contributed by atoms with van der Waals surface area (Å²) in [4.78, 5) is 29.8. The number of primary amides is 1. The number of anilines is 1. The molecule has 0 aliphatic carbocycles. The molecule has 1 aliphatic heterocycles. The number of amides is 2. The summed E-state index contributed by atoms with van der Waals surface area (Å²) in [6.45, 7) is 12.7. The van der Waals surface area contributed by atoms with Gasteiger partial charge >= 0.3 is 0 Å². The van der Waals surface area contributed by atoms with Crippen molar-refractivity contribution in [2.75, 3.05) is 24.5 Å². The summed E-state index contributed by atoms with van der Waals surface area (Å²) in [6.07, 6.45) is 2.24. The molecule has 0 radical (unpaired) electrons. The van der Waals surface area contributed by atoms with Crippen molar-refractivity contribution >= 4 is 17.5 Å². The van der Waals surface area contributed by atoms with E-state index >= 15 is 0 Å². The Morgan fingerprint density at radius 3 is 2.46 bits per heavy atom. The number of benzene rings is 1. The molecule has 1 saturated heterocycles. The Kier molecular flexibility index (Phi) is 7.90. The predicted octanol–water partition coefficient (Wildman–Crippen LogP) is 3.60. The highest BCUT2D eigenvalue weighted by molar-refractivity contribution is 5.87. The molecule has 0 bridgehead atoms. The maximum atomic E-state index is 13.4. The van der Waals surface area contributed by atoms with E-state index in [2.05, 4.69) is 56.9 Å². The first-order valence-corrected chi connectivity index (χ1v) is 10.7. The van der Waals surface area contributed by atoms with Crippen LogP contribution in [0.1, 0.15) is 52.5 Å². The lowest BCUT2D eigenvalue weighted by Crippen LogP contribution is -2.56. The number of carbonyl (C=O) groups is 2. The molecule has 2 amide bonds. The second-order valence-electron chi connectivity index (χ2n) is 8.70. The van der Waals surface area contributed by atoms with Crippen molar-refractivity contribution in [3.05, 3.63) is 29.8 Å². The van der Waals surface area contributed by atoms with E-state index in [1.807, 2.05) is 11.8 Å². The van der Waals surface area contributed by atoms with Crippen molar-refractivity contribution in [2.24, 2.45) is 23.5 Å². The van der Waals surface area contributed by atoms with E-state index < -0.39 is 0 Å². The smallest absolute Gasteiger partial charge is 0.226 e. The average molecular weight is 388 g/mol. The lowest BCUT2D eigenvalue weighted by atomic mass is 9.81. The lowest BCUT2D eigenvalue weighted by Gasteiger charge is -2.43. The molecule has 1 aromatic rings. The van der Waals surface area contributed by atoms with Crippen LogP contribution >= 0.6 is 0 Å². The van der Waals surface area contributed by atoms with Crippen LogP contribution in [0.15, 0.2) is 24.3 Å². The number of hydrogen-bond donors (Lipinski definition) is 1. The minimum Gasteiger partial charge on any atom is -0.369 e. The fraction of sp³-hybridized carbons (Fsp3) is 0.652. The SMILES string of the molecule is CCC[C@H](C(N)=O)[C@@H](CC(C)C)C(=O)N1CCN(c2cccc(C)c2)C(C)C1. The molecule has 156 valence electrons. The third kappa shape index (κ3) is 5.49. The van der Waals surface area contributed by atoms with Gasteiger partial charge in [0, 0.05) is 43.2 Å². The number of carbonyl (C=O) groups excluding carboxylic acids is 2. The van der Waals surface area contributed by atoms with E-state index in [4.69, 9.17) is 5.73 Å². The van der Waals surface area contributed by atoms with E-state index in [1.54, 1.807) is 0 Å². The van der Waals surface area contributed by atoms with Gasteiger partial charge in [0.15, 0.2) is 0 Å². The molecule has 0 aromatic heterocycles. The van der Waals surface area contributed by atoms with Crippen LogP contribution in [0.25, 0.3) is 0 Å². The van der Waals surface area contributed by atoms with Gasteiger partial charge in [-0.05, 0) is 50.3 Å². The molecule has 1 heterocycles. The Morgan fingerprint density at radius 2 is 1.93 bits per heavy atom. The van der Waals surface area contributed by atoms with Crippen molar-refractivity contribution in [3.63, 3.8) is 0 Å². The predicted molar refractivity (Wildman–Crippen MR) is 115 cm³/mol. The van der Waals surface area contributed by atoms with Crippen LogP contribution in [0.5, 0.6) is 0 Å². The van der Waals surface area contributed by atoms with Crippen molar-refractivity contribution < 1.29 is 9.59 Å². The van der Waals surface area contributed by atoms with Crippen LogP contribution in [0.2, 0.25) is 0 Å². The molecule has 0 saturated carbocycles. The Hall–Kier alpha value is -2.04. The number of aryl methyl sites for hydroxylation is 1. The summed E-state index contributed by atoms with van der Waals surface area (Å²) < 4.78 is 0. The van der Waals surface area contributed by atoms with Crippen molar-refractivity contribution in [1.82, 2.24) is 4.90 Å². The lowest BCUT2D eigenvalue weighted by molar-refractivity contribution is -0.142. The maximum Gasteiger partial charge on any atom is 0.226 e. The van der Waals surface area contributed by atoms with Gasteiger partial charge in [0.2, 0.25) is 11.8 Å². The minimum absolute atomic E-state index is 0.0988. The second kappa shape index (κ2) is 9.94. The molecule has 28 heavy (non-hydrogen) atoms. The normalized spacial score (nSPS) is 19.6. The van der Waals surface area contributed by atoms with Gasteiger partial charge < -0.3 is 15.5 Å². The maximum absolute atomic E-state index is 13.4. The van der Waals surface area contributed by atoms with Gasteiger partial charge in [0.25, 0.3) is 0 Å². The number of hydrogen-bond acceptors (Lipinski definition) is 3. The summed E-state index contributed by atoms with van der Waals surface area (Å²) in [6, 6.07) is 8.74. The Morgan fingerprint density at radius 1 is 1.21 bits per heavy atom. The zero-order valence-corrected chi connectivity index (χ0v) is 18.1. The highest BCUT2D eigenvalue weighted by Crippen LogP contribution is 2.29. The molecule has 1 fully saturated rings. The van der Waals surface area contributed by atoms with Crippen molar-refractivity contribution in [2.45, 2.75) is 59.9 Å². The fourth-order valence-electron chi connectivity index (χ4n) is 4.38. The number of rotatable bonds is 8. The molecule has 3 atom stereocenters. The molecule has 1 aromatic carbocycles. The number of piperazine rings is 1. The first-order valence-electron chi connectivity index (χ1n) is 10.7. The highest BCUT2D eigenvalue weighted by Gasteiger charge is 2.37. The van der Waals surface area contributed by atoms with Gasteiger partial charge in [-0.1, -0.05) is 39.3 Å². The molecule has 1 aliphatic rings. The van der Waals surface area contributed by atoms with Crippen LogP contribution in [0.4, 0.5) is 5.69 Å². The van der Waals surface area contributed by atoms with E-state index in [9.17, 15) is 9.59 Å². The monoisotopic (exact) mass is 387 g/mol. The van der Waals surface area contributed by atoms with Crippen LogP contribution in [0.3, 0.4) is 0 Å². The zero-order chi connectivity index (χ0) is 20.8. The van der Waals surface area contributed by atoms with Gasteiger partial charge in [-0.2, -0.15) is 0 Å². The van der Waals surface area contributed by atoms with Gasteiger partial charge in [-0.3, -0.25) is 9.59 Å². The minimum atomic E-state index is -0.370. The van der Waals surface area contributed by atoms with Crippen molar-refractivity contribution in [3.8, 4) is 0 Å². The molecular formula is C23H37N3O2. The summed E-state index contributed by atoms with van der Waals surface area (Å²) in [5, 5.41) is 0. The van der Waals surface area contributed by atoms with E-state index in [0.717, 1.165) is 13.0 Å². The molecule has 2 rings (SSSR count). The molecular weight excluding hydrogens is 350 g/mol. The first kappa shape index (κ1) is 22.3. The third-order valence-corrected chi connectivity index (χ3v) is 5.77. The third-order valence-electron chi connectivity index (χ3n) is 5.77. The Balaban J connectivity index is 2.14. The van der Waals surface area contributed by atoms with Gasteiger partial charge in [0.1, 0.15) is 0 Å². The van der Waals surface area contributed by atoms with Crippen LogP contribution in [0, 0.1) is 24.7 Å². The van der Waals surface area contributed by atoms with Crippen molar-refractivity contribution in [1.29, 1.82) is 0 Å². The summed E-state index contributed by atoms with van der Waals surface area (Å²) in [7, 11) is 0. The molecule has 1 unspecified atom stereocenters. The molecule has 2 N–H and O–H groups in total. The van der Waals surface area contributed by atoms with Crippen LogP contribution in [-0.4, -0.2) is 42.4 Å². The van der Waals surface area contributed by atoms with Gasteiger partial charge in [-0.25, -0.2) is 0 Å². The van der Waals surface area contributed by atoms with E-state index in [0.29, 0.717) is 31.8 Å². The summed E-state index contributed by atoms with van der Waals surface area (Å²) in [5.74, 6) is -0.576. The average Bonchev–Trinajstić information content (AvgIpc) is 2.63. The van der Waals surface area contributed by atoms with Crippen LogP contribution < -0.4 is 10.6 Å². The quantitative estimate of drug-likeness (QED) is 0.741. The van der Waals surface area contributed by atoms with Crippen LogP contribution in [-0.2, 0) is 9.59 Å². The fourth-order valence-corrected chi connectivity index (χ4v) is 4.38. The number of nitrogens with two attached hydrogens (primary N) is 1. The molecule has 5 nitrogen and oxygen atoms in total. The Labute approximate surface area is 170 Å². The number of nitrogens with zero attached hydrogens (tertiary/aromatic N) is 2. The topological polar surface area (TPSA) is 66.6 Å².